The van der Waals surface area contributed by atoms with E-state index in [1.54, 1.807) is 12.1 Å². The number of nitrogens with two attached hydrogens (primary N) is 1. The molecule has 2 N–H and O–H groups in total. The fourth-order valence-electron chi connectivity index (χ4n) is 1.71. The Bertz CT molecular complexity index is 514. The summed E-state index contributed by atoms with van der Waals surface area (Å²) in [7, 11) is 1.27. The van der Waals surface area contributed by atoms with Gasteiger partial charge in [-0.15, -0.1) is 6.58 Å². The molecule has 1 aromatic carbocycles. The van der Waals surface area contributed by atoms with Crippen molar-refractivity contribution in [1.29, 1.82) is 0 Å². The standard InChI is InChI=1S/C14H18N2O4/c1-4-8-16(14(15)18)12-9-10(20-5-2)6-7-11(12)13(17)19-3/h4,6-7,9H,1,5,8H2,2-3H3,(H2,15,18). The van der Waals surface area contributed by atoms with Crippen LogP contribution in [0.4, 0.5) is 10.5 Å². The van der Waals surface area contributed by atoms with Crippen molar-refractivity contribution in [1.82, 2.24) is 0 Å². The molecule has 0 atom stereocenters. The van der Waals surface area contributed by atoms with Crippen LogP contribution in [0, 0.1) is 0 Å². The van der Waals surface area contributed by atoms with Crippen LogP contribution in [0.3, 0.4) is 0 Å². The van der Waals surface area contributed by atoms with Crippen LogP contribution >= 0.6 is 0 Å². The zero-order valence-corrected chi connectivity index (χ0v) is 11.6. The molecule has 6 heteroatoms. The lowest BCUT2D eigenvalue weighted by Gasteiger charge is -2.21. The predicted octanol–water partition coefficient (Wildman–Crippen LogP) is 1.94. The molecule has 0 bridgehead atoms. The van der Waals surface area contributed by atoms with Gasteiger partial charge < -0.3 is 15.2 Å². The molecule has 0 spiro atoms. The maximum atomic E-state index is 11.8. The Morgan fingerprint density at radius 1 is 1.45 bits per heavy atom. The van der Waals surface area contributed by atoms with Crippen molar-refractivity contribution in [3.63, 3.8) is 0 Å². The smallest absolute Gasteiger partial charge is 0.339 e. The molecule has 108 valence electrons. The molecular formula is C14H18N2O4. The minimum absolute atomic E-state index is 0.176. The van der Waals surface area contributed by atoms with E-state index >= 15 is 0 Å². The molecule has 0 saturated heterocycles. The first-order valence-electron chi connectivity index (χ1n) is 6.08. The number of ether oxygens (including phenoxy) is 2. The zero-order chi connectivity index (χ0) is 15.1. The SMILES string of the molecule is C=CCN(C(N)=O)c1cc(OCC)ccc1C(=O)OC. The molecule has 6 nitrogen and oxygen atoms in total. The van der Waals surface area contributed by atoms with Crippen LogP contribution in [-0.2, 0) is 4.74 Å². The number of carbonyl (C=O) groups is 2. The van der Waals surface area contributed by atoms with Crippen LogP contribution in [0.25, 0.3) is 0 Å². The molecule has 0 aromatic heterocycles. The summed E-state index contributed by atoms with van der Waals surface area (Å²) in [4.78, 5) is 24.5. The lowest BCUT2D eigenvalue weighted by atomic mass is 10.1. The van der Waals surface area contributed by atoms with Crippen LogP contribution in [0.15, 0.2) is 30.9 Å². The van der Waals surface area contributed by atoms with Gasteiger partial charge >= 0.3 is 12.0 Å². The number of primary amides is 1. The second-order valence-corrected chi connectivity index (χ2v) is 3.84. The largest absolute Gasteiger partial charge is 0.494 e. The number of methoxy groups -OCH3 is 1. The summed E-state index contributed by atoms with van der Waals surface area (Å²) < 4.78 is 10.1. The fourth-order valence-corrected chi connectivity index (χ4v) is 1.71. The van der Waals surface area contributed by atoms with Crippen LogP contribution in [0.1, 0.15) is 17.3 Å². The van der Waals surface area contributed by atoms with E-state index in [0.29, 0.717) is 18.0 Å². The van der Waals surface area contributed by atoms with E-state index in [9.17, 15) is 9.59 Å². The quantitative estimate of drug-likeness (QED) is 0.637. The van der Waals surface area contributed by atoms with E-state index in [4.69, 9.17) is 15.2 Å². The summed E-state index contributed by atoms with van der Waals surface area (Å²) in [6.07, 6.45) is 1.51. The first-order chi connectivity index (χ1) is 9.54. The molecule has 20 heavy (non-hydrogen) atoms. The molecule has 1 aromatic rings. The van der Waals surface area contributed by atoms with Gasteiger partial charge in [-0.2, -0.15) is 0 Å². The topological polar surface area (TPSA) is 81.9 Å². The number of nitrogens with zero attached hydrogens (tertiary/aromatic N) is 1. The highest BCUT2D eigenvalue weighted by Gasteiger charge is 2.20. The molecule has 2 amide bonds. The summed E-state index contributed by atoms with van der Waals surface area (Å²) >= 11 is 0. The molecule has 0 heterocycles. The van der Waals surface area contributed by atoms with Gasteiger partial charge in [0.2, 0.25) is 0 Å². The van der Waals surface area contributed by atoms with Gasteiger partial charge in [-0.3, -0.25) is 4.90 Å². The van der Waals surface area contributed by atoms with Gasteiger partial charge in [0.05, 0.1) is 25.0 Å². The molecule has 0 aliphatic carbocycles. The number of carbonyl (C=O) groups excluding carboxylic acids is 2. The van der Waals surface area contributed by atoms with Crippen molar-refractivity contribution in [3.8, 4) is 5.75 Å². The normalized spacial score (nSPS) is 9.70. The number of benzene rings is 1. The summed E-state index contributed by atoms with van der Waals surface area (Å²) in [5.41, 5.74) is 5.90. The van der Waals surface area contributed by atoms with Crippen molar-refractivity contribution in [2.24, 2.45) is 5.73 Å². The minimum Gasteiger partial charge on any atom is -0.494 e. The summed E-state index contributed by atoms with van der Waals surface area (Å²) in [6.45, 7) is 6.04. The van der Waals surface area contributed by atoms with Crippen LogP contribution in [0.2, 0.25) is 0 Å². The van der Waals surface area contributed by atoms with Gasteiger partial charge in [0, 0.05) is 12.6 Å². The molecule has 0 unspecified atom stereocenters. The van der Waals surface area contributed by atoms with Gasteiger partial charge in [-0.05, 0) is 19.1 Å². The van der Waals surface area contributed by atoms with Crippen LogP contribution < -0.4 is 15.4 Å². The van der Waals surface area contributed by atoms with Gasteiger partial charge in [-0.1, -0.05) is 6.08 Å². The lowest BCUT2D eigenvalue weighted by Crippen LogP contribution is -2.37. The number of rotatable bonds is 6. The third-order valence-corrected chi connectivity index (χ3v) is 2.55. The Hall–Kier alpha value is -2.50. The Kier molecular flexibility index (Phi) is 5.58. The van der Waals surface area contributed by atoms with Crippen molar-refractivity contribution in [2.45, 2.75) is 6.92 Å². The van der Waals surface area contributed by atoms with E-state index < -0.39 is 12.0 Å². The lowest BCUT2D eigenvalue weighted by molar-refractivity contribution is 0.0601. The fraction of sp³-hybridized carbons (Fsp3) is 0.286. The summed E-state index contributed by atoms with van der Waals surface area (Å²) in [6, 6.07) is 4.05. The Morgan fingerprint density at radius 3 is 2.65 bits per heavy atom. The highest BCUT2D eigenvalue weighted by molar-refractivity contribution is 6.02. The second kappa shape index (κ2) is 7.18. The first kappa shape index (κ1) is 15.6. The van der Waals surface area contributed by atoms with Crippen molar-refractivity contribution < 1.29 is 19.1 Å². The average molecular weight is 278 g/mol. The third-order valence-electron chi connectivity index (χ3n) is 2.55. The Labute approximate surface area is 117 Å². The molecule has 0 aliphatic heterocycles. The van der Waals surface area contributed by atoms with E-state index in [-0.39, 0.29) is 12.1 Å². The van der Waals surface area contributed by atoms with E-state index in [2.05, 4.69) is 6.58 Å². The van der Waals surface area contributed by atoms with Gasteiger partial charge in [0.1, 0.15) is 5.75 Å². The predicted molar refractivity (Wildman–Crippen MR) is 76.1 cm³/mol. The van der Waals surface area contributed by atoms with E-state index in [1.165, 1.54) is 24.2 Å². The molecule has 1 rings (SSSR count). The Balaban J connectivity index is 3.34. The highest BCUT2D eigenvalue weighted by atomic mass is 16.5. The number of amides is 2. The summed E-state index contributed by atoms with van der Waals surface area (Å²) in [5, 5.41) is 0. The Morgan fingerprint density at radius 2 is 2.15 bits per heavy atom. The highest BCUT2D eigenvalue weighted by Crippen LogP contribution is 2.27. The van der Waals surface area contributed by atoms with Crippen LogP contribution in [-0.4, -0.2) is 32.3 Å². The number of urea groups is 1. The number of esters is 1. The van der Waals surface area contributed by atoms with Crippen molar-refractivity contribution >= 4 is 17.7 Å². The molecule has 0 fully saturated rings. The van der Waals surface area contributed by atoms with Crippen molar-refractivity contribution in [2.75, 3.05) is 25.2 Å². The molecule has 0 radical (unpaired) electrons. The van der Waals surface area contributed by atoms with Crippen LogP contribution in [0.5, 0.6) is 5.75 Å². The van der Waals surface area contributed by atoms with E-state index in [0.717, 1.165) is 0 Å². The first-order valence-corrected chi connectivity index (χ1v) is 6.08. The maximum absolute atomic E-state index is 11.8. The van der Waals surface area contributed by atoms with Gasteiger partial charge in [0.15, 0.2) is 0 Å². The summed E-state index contributed by atoms with van der Waals surface area (Å²) in [5.74, 6) is -0.0242. The maximum Gasteiger partial charge on any atom is 0.339 e. The second-order valence-electron chi connectivity index (χ2n) is 3.84. The van der Waals surface area contributed by atoms with Crippen molar-refractivity contribution in [3.05, 3.63) is 36.4 Å². The van der Waals surface area contributed by atoms with Gasteiger partial charge in [-0.25, -0.2) is 9.59 Å². The third kappa shape index (κ3) is 3.50. The number of hydrogen-bond donors (Lipinski definition) is 1. The van der Waals surface area contributed by atoms with E-state index in [1.807, 2.05) is 6.92 Å². The average Bonchev–Trinajstić information content (AvgIpc) is 2.44. The molecule has 0 saturated carbocycles. The van der Waals surface area contributed by atoms with Gasteiger partial charge in [0.25, 0.3) is 0 Å². The minimum atomic E-state index is -0.691. The molecule has 0 aliphatic rings. The number of anilines is 1. The monoisotopic (exact) mass is 278 g/mol. The zero-order valence-electron chi connectivity index (χ0n) is 11.6. The number of hydrogen-bond acceptors (Lipinski definition) is 4. The molecular weight excluding hydrogens is 260 g/mol.